The van der Waals surface area contributed by atoms with Gasteiger partial charge in [-0.2, -0.15) is 11.3 Å². The number of aryl methyl sites for hydroxylation is 1. The number of rotatable bonds is 4. The first-order valence-corrected chi connectivity index (χ1v) is 9.14. The number of nitrogens with one attached hydrogen (secondary N) is 1. The van der Waals surface area contributed by atoms with E-state index in [9.17, 15) is 9.59 Å². The molecule has 1 N–H and O–H groups in total. The van der Waals surface area contributed by atoms with Gasteiger partial charge in [-0.25, -0.2) is 0 Å². The standard InChI is InChI=1S/C18H23N3O2S/c1-12-16(14(3)22)13(2)19-17(12)18(23)21-7-5-20(6-8-21)10-15-4-9-24-11-15/h4,9,11,19H,5-8,10H2,1-3H3. The number of nitrogens with zero attached hydrogens (tertiary/aromatic N) is 2. The van der Waals surface area contributed by atoms with Gasteiger partial charge in [0, 0.05) is 44.0 Å². The summed E-state index contributed by atoms with van der Waals surface area (Å²) in [5, 5.41) is 4.27. The number of ketones is 1. The molecule has 5 nitrogen and oxygen atoms in total. The molecule has 6 heteroatoms. The predicted molar refractivity (Wildman–Crippen MR) is 95.8 cm³/mol. The van der Waals surface area contributed by atoms with Gasteiger partial charge in [0.1, 0.15) is 5.69 Å². The van der Waals surface area contributed by atoms with E-state index in [1.807, 2.05) is 18.7 Å². The van der Waals surface area contributed by atoms with Crippen molar-refractivity contribution in [1.29, 1.82) is 0 Å². The van der Waals surface area contributed by atoms with Gasteiger partial charge in [-0.15, -0.1) is 0 Å². The van der Waals surface area contributed by atoms with Gasteiger partial charge in [0.25, 0.3) is 5.91 Å². The van der Waals surface area contributed by atoms with Crippen molar-refractivity contribution in [2.24, 2.45) is 0 Å². The van der Waals surface area contributed by atoms with Crippen LogP contribution in [0.15, 0.2) is 16.8 Å². The van der Waals surface area contributed by atoms with Crippen molar-refractivity contribution in [3.8, 4) is 0 Å². The molecule has 1 amide bonds. The van der Waals surface area contributed by atoms with E-state index in [0.29, 0.717) is 11.3 Å². The second-order valence-corrected chi connectivity index (χ2v) is 7.16. The van der Waals surface area contributed by atoms with Crippen LogP contribution in [0.1, 0.15) is 44.6 Å². The van der Waals surface area contributed by atoms with E-state index >= 15 is 0 Å². The molecule has 3 heterocycles. The molecule has 1 aliphatic heterocycles. The number of carbonyl (C=O) groups excluding carboxylic acids is 2. The van der Waals surface area contributed by atoms with Gasteiger partial charge in [0.15, 0.2) is 5.78 Å². The summed E-state index contributed by atoms with van der Waals surface area (Å²) < 4.78 is 0. The fourth-order valence-electron chi connectivity index (χ4n) is 3.40. The van der Waals surface area contributed by atoms with Crippen LogP contribution in [0.2, 0.25) is 0 Å². The SMILES string of the molecule is CC(=O)c1c(C)[nH]c(C(=O)N2CCN(Cc3ccsc3)CC2)c1C. The second-order valence-electron chi connectivity index (χ2n) is 6.38. The average Bonchev–Trinajstić information content (AvgIpc) is 3.15. The van der Waals surface area contributed by atoms with Crippen LogP contribution in [0.5, 0.6) is 0 Å². The maximum absolute atomic E-state index is 12.8. The Morgan fingerprint density at radius 1 is 1.21 bits per heavy atom. The highest BCUT2D eigenvalue weighted by Gasteiger charge is 2.26. The normalized spacial score (nSPS) is 15.7. The summed E-state index contributed by atoms with van der Waals surface area (Å²) in [6.07, 6.45) is 0. The van der Waals surface area contributed by atoms with Crippen molar-refractivity contribution in [3.63, 3.8) is 0 Å². The molecule has 1 fully saturated rings. The number of H-pyrrole nitrogens is 1. The summed E-state index contributed by atoms with van der Waals surface area (Å²) in [6, 6.07) is 2.15. The molecule has 0 saturated carbocycles. The topological polar surface area (TPSA) is 56.4 Å². The van der Waals surface area contributed by atoms with E-state index in [2.05, 4.69) is 26.7 Å². The number of hydrogen-bond donors (Lipinski definition) is 1. The van der Waals surface area contributed by atoms with Crippen molar-refractivity contribution >= 4 is 23.0 Å². The van der Waals surface area contributed by atoms with Crippen LogP contribution in [0.25, 0.3) is 0 Å². The molecule has 0 radical (unpaired) electrons. The van der Waals surface area contributed by atoms with Crippen LogP contribution in [0.3, 0.4) is 0 Å². The Morgan fingerprint density at radius 3 is 2.46 bits per heavy atom. The minimum absolute atomic E-state index is 0.000817. The molecular formula is C18H23N3O2S. The number of hydrogen-bond acceptors (Lipinski definition) is 4. The minimum atomic E-state index is -0.00159. The van der Waals surface area contributed by atoms with Crippen LogP contribution in [0.4, 0.5) is 0 Å². The number of carbonyl (C=O) groups is 2. The quantitative estimate of drug-likeness (QED) is 0.867. The minimum Gasteiger partial charge on any atom is -0.354 e. The van der Waals surface area contributed by atoms with Gasteiger partial charge >= 0.3 is 0 Å². The largest absolute Gasteiger partial charge is 0.354 e. The fourth-order valence-corrected chi connectivity index (χ4v) is 4.06. The van der Waals surface area contributed by atoms with Gasteiger partial charge in [0.2, 0.25) is 0 Å². The Morgan fingerprint density at radius 2 is 1.92 bits per heavy atom. The molecule has 3 rings (SSSR count). The van der Waals surface area contributed by atoms with Gasteiger partial charge in [-0.05, 0) is 48.7 Å². The Bertz CT molecular complexity index is 741. The molecule has 0 spiro atoms. The number of aromatic amines is 1. The van der Waals surface area contributed by atoms with Crippen LogP contribution >= 0.6 is 11.3 Å². The summed E-state index contributed by atoms with van der Waals surface area (Å²) in [6.45, 7) is 9.37. The van der Waals surface area contributed by atoms with Gasteiger partial charge in [-0.3, -0.25) is 14.5 Å². The highest BCUT2D eigenvalue weighted by atomic mass is 32.1. The van der Waals surface area contributed by atoms with Crippen molar-refractivity contribution in [2.75, 3.05) is 26.2 Å². The van der Waals surface area contributed by atoms with E-state index in [1.54, 1.807) is 18.3 Å². The first kappa shape index (κ1) is 16.9. The van der Waals surface area contributed by atoms with E-state index in [0.717, 1.165) is 44.0 Å². The first-order chi connectivity index (χ1) is 11.5. The van der Waals surface area contributed by atoms with E-state index < -0.39 is 0 Å². The van der Waals surface area contributed by atoms with E-state index in [4.69, 9.17) is 0 Å². The summed E-state index contributed by atoms with van der Waals surface area (Å²) >= 11 is 1.72. The lowest BCUT2D eigenvalue weighted by Crippen LogP contribution is -2.48. The molecule has 128 valence electrons. The third kappa shape index (κ3) is 3.30. The molecule has 1 saturated heterocycles. The molecular weight excluding hydrogens is 322 g/mol. The molecule has 0 unspecified atom stereocenters. The summed E-state index contributed by atoms with van der Waals surface area (Å²) in [5.74, 6) is -0.000773. The van der Waals surface area contributed by atoms with Crippen LogP contribution < -0.4 is 0 Å². The van der Waals surface area contributed by atoms with E-state index in [1.165, 1.54) is 5.56 Å². The highest BCUT2D eigenvalue weighted by molar-refractivity contribution is 7.07. The van der Waals surface area contributed by atoms with E-state index in [-0.39, 0.29) is 11.7 Å². The maximum atomic E-state index is 12.8. The zero-order valence-electron chi connectivity index (χ0n) is 14.4. The van der Waals surface area contributed by atoms with Gasteiger partial charge in [-0.1, -0.05) is 0 Å². The lowest BCUT2D eigenvalue weighted by atomic mass is 10.1. The number of Topliss-reactive ketones (excluding diaryl/α,β-unsaturated/α-hetero) is 1. The highest BCUT2D eigenvalue weighted by Crippen LogP contribution is 2.21. The third-order valence-electron chi connectivity index (χ3n) is 4.65. The third-order valence-corrected chi connectivity index (χ3v) is 5.38. The zero-order valence-corrected chi connectivity index (χ0v) is 15.2. The Labute approximate surface area is 146 Å². The maximum Gasteiger partial charge on any atom is 0.270 e. The first-order valence-electron chi connectivity index (χ1n) is 8.20. The van der Waals surface area contributed by atoms with Crippen molar-refractivity contribution in [3.05, 3.63) is 44.9 Å². The Balaban J connectivity index is 1.65. The average molecular weight is 345 g/mol. The number of piperazine rings is 1. The Kier molecular flexibility index (Phi) is 4.87. The summed E-state index contributed by atoms with van der Waals surface area (Å²) in [5.41, 5.74) is 4.09. The molecule has 1 aliphatic rings. The lowest BCUT2D eigenvalue weighted by molar-refractivity contribution is 0.0622. The number of thiophene rings is 1. The summed E-state index contributed by atoms with van der Waals surface area (Å²) in [7, 11) is 0. The summed E-state index contributed by atoms with van der Waals surface area (Å²) in [4.78, 5) is 31.9. The zero-order chi connectivity index (χ0) is 17.3. The predicted octanol–water partition coefficient (Wildman–Crippen LogP) is 2.85. The number of amides is 1. The molecule has 2 aromatic rings. The van der Waals surface area contributed by atoms with Crippen molar-refractivity contribution < 1.29 is 9.59 Å². The molecule has 0 atom stereocenters. The van der Waals surface area contributed by atoms with Gasteiger partial charge < -0.3 is 9.88 Å². The molecule has 0 bridgehead atoms. The molecule has 24 heavy (non-hydrogen) atoms. The van der Waals surface area contributed by atoms with Crippen molar-refractivity contribution in [1.82, 2.24) is 14.8 Å². The van der Waals surface area contributed by atoms with Crippen LogP contribution in [-0.4, -0.2) is 52.7 Å². The Hall–Kier alpha value is -1.92. The fraction of sp³-hybridized carbons (Fsp3) is 0.444. The lowest BCUT2D eigenvalue weighted by Gasteiger charge is -2.34. The number of aromatic nitrogens is 1. The van der Waals surface area contributed by atoms with Gasteiger partial charge in [0.05, 0.1) is 0 Å². The molecule has 0 aromatic carbocycles. The second kappa shape index (κ2) is 6.91. The van der Waals surface area contributed by atoms with Crippen LogP contribution in [-0.2, 0) is 6.54 Å². The smallest absolute Gasteiger partial charge is 0.270 e. The molecule has 0 aliphatic carbocycles. The molecule has 2 aromatic heterocycles. The monoisotopic (exact) mass is 345 g/mol. The van der Waals surface area contributed by atoms with Crippen molar-refractivity contribution in [2.45, 2.75) is 27.3 Å². The van der Waals surface area contributed by atoms with Crippen LogP contribution in [0, 0.1) is 13.8 Å².